The lowest BCUT2D eigenvalue weighted by Crippen LogP contribution is -2.27. The van der Waals surface area contributed by atoms with E-state index in [4.69, 9.17) is 16.3 Å². The first-order chi connectivity index (χ1) is 16.1. The molecule has 0 aliphatic carbocycles. The number of nitrogens with zero attached hydrogens (tertiary/aromatic N) is 4. The highest BCUT2D eigenvalue weighted by Crippen LogP contribution is 2.34. The first-order valence-corrected chi connectivity index (χ1v) is 11.8. The number of rotatable bonds is 8. The maximum Gasteiger partial charge on any atom is 0.242 e. The lowest BCUT2D eigenvalue weighted by molar-refractivity contribution is -0.115. The van der Waals surface area contributed by atoms with E-state index in [0.29, 0.717) is 28.3 Å². The van der Waals surface area contributed by atoms with Gasteiger partial charge in [0.15, 0.2) is 11.0 Å². The Morgan fingerprint density at radius 3 is 2.21 bits per heavy atom. The standard InChI is InChI=1S/C25H23ClN4O2S/c1-3-29-24(21-16-18(26)14-15-22(21)32-2)27-28-25(29)33-17-23(31)30(19-10-6-4-7-11-19)20-12-8-5-9-13-20/h4-16H,3,17H2,1-2H3. The number of halogens is 1. The van der Waals surface area contributed by atoms with E-state index in [1.54, 1.807) is 24.1 Å². The Balaban J connectivity index is 1.60. The summed E-state index contributed by atoms with van der Waals surface area (Å²) in [6.45, 7) is 2.64. The van der Waals surface area contributed by atoms with Crippen LogP contribution in [0.25, 0.3) is 11.4 Å². The van der Waals surface area contributed by atoms with Gasteiger partial charge in [-0.3, -0.25) is 9.69 Å². The second-order valence-corrected chi connectivity index (χ2v) is 8.46. The third kappa shape index (κ3) is 5.05. The Bertz CT molecular complexity index is 1190. The van der Waals surface area contributed by atoms with Gasteiger partial charge in [0.2, 0.25) is 5.91 Å². The normalized spacial score (nSPS) is 10.8. The lowest BCUT2D eigenvalue weighted by Gasteiger charge is -2.23. The number of amides is 1. The zero-order valence-electron chi connectivity index (χ0n) is 18.3. The van der Waals surface area contributed by atoms with Gasteiger partial charge in [0.05, 0.1) is 18.4 Å². The number of ether oxygens (including phenoxy) is 1. The van der Waals surface area contributed by atoms with Gasteiger partial charge in [-0.25, -0.2) is 0 Å². The van der Waals surface area contributed by atoms with E-state index in [0.717, 1.165) is 16.9 Å². The first kappa shape index (κ1) is 22.9. The van der Waals surface area contributed by atoms with Crippen molar-refractivity contribution in [1.29, 1.82) is 0 Å². The lowest BCUT2D eigenvalue weighted by atomic mass is 10.2. The Kier molecular flexibility index (Phi) is 7.32. The smallest absolute Gasteiger partial charge is 0.242 e. The van der Waals surface area contributed by atoms with Crippen LogP contribution >= 0.6 is 23.4 Å². The molecule has 0 N–H and O–H groups in total. The summed E-state index contributed by atoms with van der Waals surface area (Å²) in [7, 11) is 1.61. The van der Waals surface area contributed by atoms with Crippen molar-refractivity contribution >= 4 is 40.6 Å². The molecule has 1 amide bonds. The van der Waals surface area contributed by atoms with Crippen LogP contribution in [0.5, 0.6) is 5.75 Å². The number of para-hydroxylation sites is 2. The first-order valence-electron chi connectivity index (χ1n) is 10.4. The molecule has 8 heteroatoms. The average molecular weight is 479 g/mol. The van der Waals surface area contributed by atoms with E-state index in [1.807, 2.05) is 78.2 Å². The third-order valence-corrected chi connectivity index (χ3v) is 6.23. The highest BCUT2D eigenvalue weighted by molar-refractivity contribution is 7.99. The van der Waals surface area contributed by atoms with Gasteiger partial charge in [-0.15, -0.1) is 10.2 Å². The third-order valence-electron chi connectivity index (χ3n) is 5.04. The van der Waals surface area contributed by atoms with Crippen molar-refractivity contribution in [2.45, 2.75) is 18.6 Å². The van der Waals surface area contributed by atoms with Crippen molar-refractivity contribution in [3.05, 3.63) is 83.9 Å². The molecule has 1 aromatic heterocycles. The van der Waals surface area contributed by atoms with Gasteiger partial charge in [-0.05, 0) is 49.4 Å². The van der Waals surface area contributed by atoms with Gasteiger partial charge in [0, 0.05) is 22.9 Å². The quantitative estimate of drug-likeness (QED) is 0.287. The zero-order chi connectivity index (χ0) is 23.2. The Morgan fingerprint density at radius 1 is 1.00 bits per heavy atom. The molecule has 33 heavy (non-hydrogen) atoms. The number of hydrogen-bond donors (Lipinski definition) is 0. The van der Waals surface area contributed by atoms with Crippen molar-refractivity contribution in [2.24, 2.45) is 0 Å². The summed E-state index contributed by atoms with van der Waals surface area (Å²) in [6, 6.07) is 24.6. The second kappa shape index (κ2) is 10.6. The summed E-state index contributed by atoms with van der Waals surface area (Å²) in [5.41, 5.74) is 2.39. The maximum atomic E-state index is 13.3. The molecule has 3 aromatic carbocycles. The summed E-state index contributed by atoms with van der Waals surface area (Å²) in [5, 5.41) is 9.97. The molecule has 6 nitrogen and oxygen atoms in total. The molecule has 0 radical (unpaired) electrons. The van der Waals surface area contributed by atoms with Crippen LogP contribution in [0.4, 0.5) is 11.4 Å². The van der Waals surface area contributed by atoms with Gasteiger partial charge in [-0.1, -0.05) is 59.8 Å². The highest BCUT2D eigenvalue weighted by atomic mass is 35.5. The molecular weight excluding hydrogens is 456 g/mol. The predicted octanol–water partition coefficient (Wildman–Crippen LogP) is 6.08. The number of benzene rings is 3. The Hall–Kier alpha value is -3.29. The van der Waals surface area contributed by atoms with Crippen molar-refractivity contribution in [1.82, 2.24) is 14.8 Å². The van der Waals surface area contributed by atoms with E-state index < -0.39 is 0 Å². The fraction of sp³-hybridized carbons (Fsp3) is 0.160. The van der Waals surface area contributed by atoms with E-state index in [-0.39, 0.29) is 11.7 Å². The van der Waals surface area contributed by atoms with E-state index in [1.165, 1.54) is 11.8 Å². The van der Waals surface area contributed by atoms with Crippen LogP contribution in [-0.4, -0.2) is 33.5 Å². The Labute approximate surface area is 202 Å². The van der Waals surface area contributed by atoms with Gasteiger partial charge in [-0.2, -0.15) is 0 Å². The number of carbonyl (C=O) groups excluding carboxylic acids is 1. The molecule has 0 saturated heterocycles. The number of methoxy groups -OCH3 is 1. The fourth-order valence-corrected chi connectivity index (χ4v) is 4.54. The molecule has 4 aromatic rings. The number of carbonyl (C=O) groups is 1. The average Bonchev–Trinajstić information content (AvgIpc) is 3.27. The summed E-state index contributed by atoms with van der Waals surface area (Å²) in [6.07, 6.45) is 0. The zero-order valence-corrected chi connectivity index (χ0v) is 19.9. The van der Waals surface area contributed by atoms with Crippen LogP contribution in [0.3, 0.4) is 0 Å². The molecule has 0 aliphatic rings. The van der Waals surface area contributed by atoms with Gasteiger partial charge in [0.25, 0.3) is 0 Å². The number of aromatic nitrogens is 3. The van der Waals surface area contributed by atoms with Crippen molar-refractivity contribution in [3.8, 4) is 17.1 Å². The van der Waals surface area contributed by atoms with E-state index in [9.17, 15) is 4.79 Å². The van der Waals surface area contributed by atoms with Crippen LogP contribution in [0, 0.1) is 0 Å². The van der Waals surface area contributed by atoms with Gasteiger partial charge < -0.3 is 9.30 Å². The number of thioether (sulfide) groups is 1. The monoisotopic (exact) mass is 478 g/mol. The number of hydrogen-bond acceptors (Lipinski definition) is 5. The summed E-state index contributed by atoms with van der Waals surface area (Å²) < 4.78 is 7.44. The molecule has 0 atom stereocenters. The van der Waals surface area contributed by atoms with Crippen LogP contribution in [0.1, 0.15) is 6.92 Å². The molecular formula is C25H23ClN4O2S. The minimum Gasteiger partial charge on any atom is -0.496 e. The van der Waals surface area contributed by atoms with Crippen LogP contribution in [-0.2, 0) is 11.3 Å². The van der Waals surface area contributed by atoms with Crippen molar-refractivity contribution < 1.29 is 9.53 Å². The molecule has 1 heterocycles. The molecule has 0 aliphatic heterocycles. The van der Waals surface area contributed by atoms with E-state index >= 15 is 0 Å². The molecule has 0 unspecified atom stereocenters. The molecule has 0 bridgehead atoms. The van der Waals surface area contributed by atoms with E-state index in [2.05, 4.69) is 10.2 Å². The molecule has 168 valence electrons. The SMILES string of the molecule is CCn1c(SCC(=O)N(c2ccccc2)c2ccccc2)nnc1-c1cc(Cl)ccc1OC. The number of anilines is 2. The topological polar surface area (TPSA) is 60.2 Å². The largest absolute Gasteiger partial charge is 0.496 e. The molecule has 0 fully saturated rings. The summed E-state index contributed by atoms with van der Waals surface area (Å²) in [4.78, 5) is 15.1. The molecule has 0 saturated carbocycles. The van der Waals surface area contributed by atoms with Crippen molar-refractivity contribution in [2.75, 3.05) is 17.8 Å². The van der Waals surface area contributed by atoms with Crippen LogP contribution in [0.15, 0.2) is 84.0 Å². The van der Waals surface area contributed by atoms with Gasteiger partial charge >= 0.3 is 0 Å². The van der Waals surface area contributed by atoms with Crippen LogP contribution < -0.4 is 9.64 Å². The fourth-order valence-electron chi connectivity index (χ4n) is 3.52. The van der Waals surface area contributed by atoms with Gasteiger partial charge in [0.1, 0.15) is 5.75 Å². The second-order valence-electron chi connectivity index (χ2n) is 7.08. The van der Waals surface area contributed by atoms with Crippen LogP contribution in [0.2, 0.25) is 5.02 Å². The summed E-state index contributed by atoms with van der Waals surface area (Å²) in [5.74, 6) is 1.46. The maximum absolute atomic E-state index is 13.3. The van der Waals surface area contributed by atoms with Crippen molar-refractivity contribution in [3.63, 3.8) is 0 Å². The molecule has 4 rings (SSSR count). The molecule has 0 spiro atoms. The predicted molar refractivity (Wildman–Crippen MR) is 133 cm³/mol. The highest BCUT2D eigenvalue weighted by Gasteiger charge is 2.21. The summed E-state index contributed by atoms with van der Waals surface area (Å²) >= 11 is 7.57. The minimum atomic E-state index is -0.0510. The minimum absolute atomic E-state index is 0.0510. The Morgan fingerprint density at radius 2 is 1.64 bits per heavy atom.